The van der Waals surface area contributed by atoms with Gasteiger partial charge in [0.15, 0.2) is 0 Å². The van der Waals surface area contributed by atoms with Gasteiger partial charge in [-0.3, -0.25) is 14.9 Å². The third-order valence-electron chi connectivity index (χ3n) is 7.04. The maximum Gasteiger partial charge on any atom is 0.259 e. The van der Waals surface area contributed by atoms with Crippen molar-refractivity contribution in [2.75, 3.05) is 7.11 Å². The molecule has 200 valence electrons. The first-order chi connectivity index (χ1) is 19.4. The number of H-pyrrole nitrogens is 1. The van der Waals surface area contributed by atoms with E-state index in [0.29, 0.717) is 46.8 Å². The lowest BCUT2D eigenvalue weighted by atomic mass is 9.95. The summed E-state index contributed by atoms with van der Waals surface area (Å²) >= 11 is 0. The van der Waals surface area contributed by atoms with Crippen LogP contribution in [0.2, 0.25) is 0 Å². The van der Waals surface area contributed by atoms with E-state index in [2.05, 4.69) is 10.3 Å². The van der Waals surface area contributed by atoms with Crippen molar-refractivity contribution in [3.63, 3.8) is 0 Å². The Hall–Kier alpha value is -5.28. The number of para-hydroxylation sites is 1. The predicted molar refractivity (Wildman–Crippen MR) is 155 cm³/mol. The zero-order chi connectivity index (χ0) is 27.8. The van der Waals surface area contributed by atoms with E-state index >= 15 is 0 Å². The first-order valence-corrected chi connectivity index (χ1v) is 12.8. The number of nitrogens with two attached hydrogens (primary N) is 2. The highest BCUT2D eigenvalue weighted by atomic mass is 16.5. The van der Waals surface area contributed by atoms with E-state index in [1.54, 1.807) is 24.5 Å². The number of aromatic amines is 1. The van der Waals surface area contributed by atoms with Gasteiger partial charge in [-0.15, -0.1) is 0 Å². The number of hydrogen-bond acceptors (Lipinski definition) is 6. The zero-order valence-electron chi connectivity index (χ0n) is 21.8. The summed E-state index contributed by atoms with van der Waals surface area (Å²) < 4.78 is 7.43. The number of ether oxygens (including phenoxy) is 1. The van der Waals surface area contributed by atoms with Crippen LogP contribution in [0.5, 0.6) is 5.75 Å². The number of methoxy groups -OCH3 is 1. The molecular formula is C31H28N6O3. The summed E-state index contributed by atoms with van der Waals surface area (Å²) in [5, 5.41) is 5.66. The number of hydrazine groups is 1. The molecule has 3 heterocycles. The number of amides is 2. The molecule has 0 unspecified atom stereocenters. The van der Waals surface area contributed by atoms with Gasteiger partial charge < -0.3 is 25.0 Å². The van der Waals surface area contributed by atoms with Gasteiger partial charge in [-0.25, -0.2) is 5.84 Å². The summed E-state index contributed by atoms with van der Waals surface area (Å²) in [7, 11) is 1.59. The number of benzene rings is 3. The second-order valence-corrected chi connectivity index (χ2v) is 9.70. The van der Waals surface area contributed by atoms with Crippen molar-refractivity contribution in [3.05, 3.63) is 114 Å². The number of hydrogen-bond donors (Lipinski definition) is 4. The molecule has 0 fully saturated rings. The molecule has 2 aromatic heterocycles. The molecule has 6 N–H and O–H groups in total. The fraction of sp³-hybridized carbons (Fsp3) is 0.0968. The van der Waals surface area contributed by atoms with Crippen molar-refractivity contribution in [1.82, 2.24) is 19.9 Å². The molecule has 0 spiro atoms. The van der Waals surface area contributed by atoms with Gasteiger partial charge >= 0.3 is 0 Å². The van der Waals surface area contributed by atoms with E-state index in [1.807, 2.05) is 83.6 Å². The highest BCUT2D eigenvalue weighted by Gasteiger charge is 2.35. The molecule has 3 aromatic carbocycles. The highest BCUT2D eigenvalue weighted by molar-refractivity contribution is 6.50. The summed E-state index contributed by atoms with van der Waals surface area (Å²) in [4.78, 5) is 29.6. The molecule has 0 bridgehead atoms. The summed E-state index contributed by atoms with van der Waals surface area (Å²) in [6.45, 7) is 0.816. The van der Waals surface area contributed by atoms with Gasteiger partial charge in [0.1, 0.15) is 5.75 Å². The van der Waals surface area contributed by atoms with Crippen molar-refractivity contribution in [3.8, 4) is 5.75 Å². The second kappa shape index (κ2) is 10.1. The topological polar surface area (TPSA) is 131 Å². The Balaban J connectivity index is 1.45. The van der Waals surface area contributed by atoms with Crippen molar-refractivity contribution < 1.29 is 14.3 Å². The van der Waals surface area contributed by atoms with Crippen LogP contribution in [0, 0.1) is 0 Å². The standard InChI is InChI=1S/C31H28N6O3/c1-40-21-11-12-27-23(13-21)25(18-36(27)16-20(32)17-37(33)15-19-7-3-2-4-8-19)29-28(30(38)35-31(29)39)24-14-34-26-10-6-5-9-22(24)26/h2-14,17-18,34H,15-16,32-33H2,1H3,(H,35,38,39)/b20-17-. The first-order valence-electron chi connectivity index (χ1n) is 12.8. The van der Waals surface area contributed by atoms with Crippen LogP contribution in [-0.4, -0.2) is 33.5 Å². The average Bonchev–Trinajstić information content (AvgIpc) is 3.61. The lowest BCUT2D eigenvalue weighted by Crippen LogP contribution is -2.26. The van der Waals surface area contributed by atoms with E-state index in [9.17, 15) is 9.59 Å². The monoisotopic (exact) mass is 532 g/mol. The number of imide groups is 1. The van der Waals surface area contributed by atoms with Crippen LogP contribution in [0.15, 0.2) is 97.1 Å². The number of carbonyl (C=O) groups excluding carboxylic acids is 2. The summed E-state index contributed by atoms with van der Waals surface area (Å²) in [6.07, 6.45) is 5.32. The normalized spacial score (nSPS) is 13.9. The largest absolute Gasteiger partial charge is 0.497 e. The van der Waals surface area contributed by atoms with Crippen molar-refractivity contribution in [2.24, 2.45) is 11.6 Å². The molecule has 9 heteroatoms. The van der Waals surface area contributed by atoms with E-state index < -0.39 is 11.8 Å². The number of nitrogens with one attached hydrogen (secondary N) is 2. The molecule has 2 amide bonds. The van der Waals surface area contributed by atoms with Crippen molar-refractivity contribution >= 4 is 44.8 Å². The van der Waals surface area contributed by atoms with Gasteiger partial charge in [0.25, 0.3) is 11.8 Å². The van der Waals surface area contributed by atoms with Gasteiger partial charge in [-0.05, 0) is 29.8 Å². The zero-order valence-corrected chi connectivity index (χ0v) is 21.8. The maximum atomic E-state index is 13.3. The minimum absolute atomic E-state index is 0.304. The van der Waals surface area contributed by atoms with Crippen LogP contribution in [-0.2, 0) is 22.7 Å². The van der Waals surface area contributed by atoms with Gasteiger partial charge in [-0.2, -0.15) is 0 Å². The van der Waals surface area contributed by atoms with Gasteiger partial charge in [0.2, 0.25) is 0 Å². The van der Waals surface area contributed by atoms with E-state index in [4.69, 9.17) is 16.3 Å². The minimum Gasteiger partial charge on any atom is -0.497 e. The van der Waals surface area contributed by atoms with Gasteiger partial charge in [0.05, 0.1) is 31.3 Å². The fourth-order valence-corrected chi connectivity index (χ4v) is 5.27. The van der Waals surface area contributed by atoms with Crippen LogP contribution >= 0.6 is 0 Å². The molecule has 1 aliphatic rings. The van der Waals surface area contributed by atoms with Gasteiger partial charge in [-0.1, -0.05) is 48.5 Å². The quantitative estimate of drug-likeness (QED) is 0.136. The lowest BCUT2D eigenvalue weighted by Gasteiger charge is -2.15. The Morgan fingerprint density at radius 2 is 1.68 bits per heavy atom. The lowest BCUT2D eigenvalue weighted by molar-refractivity contribution is -0.122. The van der Waals surface area contributed by atoms with Crippen LogP contribution in [0.3, 0.4) is 0 Å². The van der Waals surface area contributed by atoms with Crippen molar-refractivity contribution in [2.45, 2.75) is 13.1 Å². The van der Waals surface area contributed by atoms with E-state index in [1.165, 1.54) is 0 Å². The predicted octanol–water partition coefficient (Wildman–Crippen LogP) is 3.87. The molecule has 0 radical (unpaired) electrons. The molecule has 0 saturated carbocycles. The van der Waals surface area contributed by atoms with E-state index in [0.717, 1.165) is 27.4 Å². The van der Waals surface area contributed by atoms with Crippen molar-refractivity contribution in [1.29, 1.82) is 0 Å². The minimum atomic E-state index is -0.452. The Bertz CT molecular complexity index is 1830. The molecule has 0 saturated heterocycles. The Kier molecular flexibility index (Phi) is 6.33. The fourth-order valence-electron chi connectivity index (χ4n) is 5.27. The molecule has 9 nitrogen and oxygen atoms in total. The molecule has 0 aliphatic carbocycles. The third-order valence-corrected chi connectivity index (χ3v) is 7.04. The summed E-state index contributed by atoms with van der Waals surface area (Å²) in [5.74, 6) is 5.96. The highest BCUT2D eigenvalue weighted by Crippen LogP contribution is 2.39. The molecule has 6 rings (SSSR count). The number of nitrogens with zero attached hydrogens (tertiary/aromatic N) is 2. The van der Waals surface area contributed by atoms with Gasteiger partial charge in [0, 0.05) is 57.2 Å². The molecule has 1 aliphatic heterocycles. The second-order valence-electron chi connectivity index (χ2n) is 9.70. The summed E-state index contributed by atoms with van der Waals surface area (Å²) in [6, 6.07) is 23.2. The number of allylic oxidation sites excluding steroid dienone is 1. The van der Waals surface area contributed by atoms with Crippen LogP contribution in [0.1, 0.15) is 16.7 Å². The Morgan fingerprint density at radius 3 is 2.45 bits per heavy atom. The first kappa shape index (κ1) is 25.0. The van der Waals surface area contributed by atoms with E-state index in [-0.39, 0.29) is 0 Å². The number of rotatable bonds is 8. The molecule has 0 atom stereocenters. The summed E-state index contributed by atoms with van der Waals surface area (Å²) in [5.41, 5.74) is 11.6. The Labute approximate surface area is 230 Å². The molecule has 40 heavy (non-hydrogen) atoms. The number of fused-ring (bicyclic) bond motifs is 2. The number of aromatic nitrogens is 2. The van der Waals surface area contributed by atoms with Crippen LogP contribution in [0.4, 0.5) is 0 Å². The SMILES string of the molecule is COc1ccc2c(c1)c(C1=C(c3c[nH]c4ccccc34)C(=O)NC1=O)cn2C/C(N)=C/N(N)Cc1ccccc1. The van der Waals surface area contributed by atoms with Crippen LogP contribution in [0.25, 0.3) is 33.0 Å². The molecule has 5 aromatic rings. The Morgan fingerprint density at radius 1 is 0.950 bits per heavy atom. The molecular weight excluding hydrogens is 504 g/mol. The smallest absolute Gasteiger partial charge is 0.259 e. The maximum absolute atomic E-state index is 13.3. The van der Waals surface area contributed by atoms with Crippen LogP contribution < -0.4 is 21.6 Å². The number of carbonyl (C=O) groups is 2. The average molecular weight is 533 g/mol. The third kappa shape index (κ3) is 4.48.